The lowest BCUT2D eigenvalue weighted by Crippen LogP contribution is -2.17. The minimum atomic E-state index is 0.0699. The molecule has 0 saturated carbocycles. The molecule has 0 radical (unpaired) electrons. The average Bonchev–Trinajstić information content (AvgIpc) is 2.49. The van der Waals surface area contributed by atoms with Crippen molar-refractivity contribution >= 4 is 0 Å². The summed E-state index contributed by atoms with van der Waals surface area (Å²) in [4.78, 5) is 0. The fourth-order valence-electron chi connectivity index (χ4n) is 1.93. The molecule has 0 amide bonds. The number of methoxy groups -OCH3 is 1. The van der Waals surface area contributed by atoms with Crippen molar-refractivity contribution in [3.05, 3.63) is 11.8 Å². The van der Waals surface area contributed by atoms with Crippen LogP contribution in [0.25, 0.3) is 0 Å². The van der Waals surface area contributed by atoms with Gasteiger partial charge >= 0.3 is 0 Å². The molecule has 0 aliphatic carbocycles. The van der Waals surface area contributed by atoms with Crippen LogP contribution in [0, 0.1) is 0 Å². The van der Waals surface area contributed by atoms with Crippen LogP contribution in [0.2, 0.25) is 0 Å². The summed E-state index contributed by atoms with van der Waals surface area (Å²) >= 11 is 0. The predicted octanol–water partition coefficient (Wildman–Crippen LogP) is 1.98. The molecule has 4 heteroatoms. The Labute approximate surface area is 96.5 Å². The Hall–Kier alpha value is -1.03. The lowest BCUT2D eigenvalue weighted by molar-refractivity contribution is 0.0775. The van der Waals surface area contributed by atoms with Crippen molar-refractivity contribution in [1.29, 1.82) is 0 Å². The number of hydrogen-bond acceptors (Lipinski definition) is 3. The molecule has 16 heavy (non-hydrogen) atoms. The minimum absolute atomic E-state index is 0.0699. The van der Waals surface area contributed by atoms with E-state index in [-0.39, 0.29) is 11.5 Å². The highest BCUT2D eigenvalue weighted by atomic mass is 16.5. The highest BCUT2D eigenvalue weighted by Crippen LogP contribution is 2.32. The molecule has 1 atom stereocenters. The Morgan fingerprint density at radius 2 is 2.25 bits per heavy atom. The maximum absolute atomic E-state index is 5.80. The standard InChI is InChI=1S/C12H20N2O2/c1-12(2,3)10-7-13-14-8-9(15-4)5-6-16-11(10)14/h7,9H,5-6,8H2,1-4H3/t9-/m1/s1. The Kier molecular flexibility index (Phi) is 2.93. The van der Waals surface area contributed by atoms with Gasteiger partial charge in [0, 0.05) is 19.1 Å². The molecule has 90 valence electrons. The minimum Gasteiger partial charge on any atom is -0.478 e. The molecule has 0 bridgehead atoms. The third-order valence-corrected chi connectivity index (χ3v) is 2.99. The van der Waals surface area contributed by atoms with E-state index in [0.717, 1.165) is 18.8 Å². The number of fused-ring (bicyclic) bond motifs is 1. The molecule has 2 heterocycles. The third kappa shape index (κ3) is 2.07. The maximum atomic E-state index is 5.80. The second-order valence-corrected chi connectivity index (χ2v) is 5.29. The molecule has 0 unspecified atom stereocenters. The van der Waals surface area contributed by atoms with E-state index in [9.17, 15) is 0 Å². The van der Waals surface area contributed by atoms with Crippen molar-refractivity contribution in [1.82, 2.24) is 9.78 Å². The van der Waals surface area contributed by atoms with E-state index in [0.29, 0.717) is 6.61 Å². The van der Waals surface area contributed by atoms with E-state index in [4.69, 9.17) is 9.47 Å². The first kappa shape index (κ1) is 11.5. The SMILES string of the molecule is CO[C@@H]1CCOc2c(C(C)(C)C)cnn2C1. The average molecular weight is 224 g/mol. The zero-order valence-electron chi connectivity index (χ0n) is 10.5. The molecular formula is C12H20N2O2. The normalized spacial score (nSPS) is 21.1. The van der Waals surface area contributed by atoms with Gasteiger partial charge in [-0.1, -0.05) is 20.8 Å². The van der Waals surface area contributed by atoms with Crippen molar-refractivity contribution in [3.8, 4) is 5.88 Å². The van der Waals surface area contributed by atoms with Gasteiger partial charge in [0.15, 0.2) is 0 Å². The molecule has 0 spiro atoms. The number of aromatic nitrogens is 2. The van der Waals surface area contributed by atoms with E-state index in [1.54, 1.807) is 7.11 Å². The molecule has 4 nitrogen and oxygen atoms in total. The number of ether oxygens (including phenoxy) is 2. The molecular weight excluding hydrogens is 204 g/mol. The van der Waals surface area contributed by atoms with Crippen molar-refractivity contribution in [3.63, 3.8) is 0 Å². The number of nitrogens with zero attached hydrogens (tertiary/aromatic N) is 2. The molecule has 1 aromatic heterocycles. The summed E-state index contributed by atoms with van der Waals surface area (Å²) < 4.78 is 13.1. The smallest absolute Gasteiger partial charge is 0.215 e. The largest absolute Gasteiger partial charge is 0.478 e. The fraction of sp³-hybridized carbons (Fsp3) is 0.750. The lowest BCUT2D eigenvalue weighted by Gasteiger charge is -2.18. The summed E-state index contributed by atoms with van der Waals surface area (Å²) in [6, 6.07) is 0. The van der Waals surface area contributed by atoms with Gasteiger partial charge < -0.3 is 9.47 Å². The van der Waals surface area contributed by atoms with E-state index in [2.05, 4.69) is 25.9 Å². The van der Waals surface area contributed by atoms with Crippen LogP contribution in [0.1, 0.15) is 32.8 Å². The van der Waals surface area contributed by atoms with Crippen LogP contribution in [0.3, 0.4) is 0 Å². The monoisotopic (exact) mass is 224 g/mol. The molecule has 2 rings (SSSR count). The Bertz CT molecular complexity index is 366. The molecule has 0 saturated heterocycles. The first-order chi connectivity index (χ1) is 7.52. The molecule has 0 aromatic carbocycles. The van der Waals surface area contributed by atoms with Gasteiger partial charge in [-0.2, -0.15) is 5.10 Å². The zero-order chi connectivity index (χ0) is 11.8. The zero-order valence-corrected chi connectivity index (χ0v) is 10.5. The summed E-state index contributed by atoms with van der Waals surface area (Å²) in [7, 11) is 1.74. The van der Waals surface area contributed by atoms with Crippen LogP contribution >= 0.6 is 0 Å². The molecule has 0 N–H and O–H groups in total. The van der Waals surface area contributed by atoms with Gasteiger partial charge in [0.1, 0.15) is 0 Å². The quantitative estimate of drug-likeness (QED) is 0.732. The van der Waals surface area contributed by atoms with Crippen LogP contribution < -0.4 is 4.74 Å². The molecule has 0 fully saturated rings. The van der Waals surface area contributed by atoms with Gasteiger partial charge in [-0.05, 0) is 5.41 Å². The number of hydrogen-bond donors (Lipinski definition) is 0. The summed E-state index contributed by atoms with van der Waals surface area (Å²) in [5.41, 5.74) is 1.24. The van der Waals surface area contributed by atoms with Crippen molar-refractivity contribution in [2.24, 2.45) is 0 Å². The van der Waals surface area contributed by atoms with Crippen LogP contribution in [0.5, 0.6) is 5.88 Å². The van der Waals surface area contributed by atoms with Crippen molar-refractivity contribution in [2.45, 2.75) is 45.3 Å². The second kappa shape index (κ2) is 4.09. The van der Waals surface area contributed by atoms with Crippen LogP contribution in [-0.2, 0) is 16.7 Å². The fourth-order valence-corrected chi connectivity index (χ4v) is 1.93. The van der Waals surface area contributed by atoms with Gasteiger partial charge in [-0.3, -0.25) is 0 Å². The first-order valence-corrected chi connectivity index (χ1v) is 5.74. The van der Waals surface area contributed by atoms with Gasteiger partial charge in [0.05, 0.1) is 25.5 Å². The topological polar surface area (TPSA) is 36.3 Å². The van der Waals surface area contributed by atoms with Crippen LogP contribution in [-0.4, -0.2) is 29.6 Å². The van der Waals surface area contributed by atoms with E-state index >= 15 is 0 Å². The van der Waals surface area contributed by atoms with Crippen LogP contribution in [0.15, 0.2) is 6.20 Å². The molecule has 1 aliphatic heterocycles. The third-order valence-electron chi connectivity index (χ3n) is 2.99. The van der Waals surface area contributed by atoms with Crippen LogP contribution in [0.4, 0.5) is 0 Å². The molecule has 1 aliphatic rings. The van der Waals surface area contributed by atoms with Gasteiger partial charge in [-0.25, -0.2) is 4.68 Å². The van der Waals surface area contributed by atoms with E-state index < -0.39 is 0 Å². The highest BCUT2D eigenvalue weighted by Gasteiger charge is 2.26. The van der Waals surface area contributed by atoms with Gasteiger partial charge in [-0.15, -0.1) is 0 Å². The van der Waals surface area contributed by atoms with Crippen molar-refractivity contribution < 1.29 is 9.47 Å². The second-order valence-electron chi connectivity index (χ2n) is 5.29. The van der Waals surface area contributed by atoms with E-state index in [1.807, 2.05) is 10.9 Å². The first-order valence-electron chi connectivity index (χ1n) is 5.74. The number of rotatable bonds is 1. The van der Waals surface area contributed by atoms with Gasteiger partial charge in [0.2, 0.25) is 5.88 Å². The van der Waals surface area contributed by atoms with Crippen molar-refractivity contribution in [2.75, 3.05) is 13.7 Å². The summed E-state index contributed by atoms with van der Waals surface area (Å²) in [6.45, 7) is 8.00. The summed E-state index contributed by atoms with van der Waals surface area (Å²) in [6.07, 6.45) is 3.03. The highest BCUT2D eigenvalue weighted by molar-refractivity contribution is 5.31. The summed E-state index contributed by atoms with van der Waals surface area (Å²) in [5.74, 6) is 0.909. The Morgan fingerprint density at radius 3 is 2.88 bits per heavy atom. The lowest BCUT2D eigenvalue weighted by atomic mass is 9.89. The Balaban J connectivity index is 2.32. The van der Waals surface area contributed by atoms with E-state index in [1.165, 1.54) is 5.56 Å². The van der Waals surface area contributed by atoms with Gasteiger partial charge in [0.25, 0.3) is 0 Å². The molecule has 1 aromatic rings. The summed E-state index contributed by atoms with van der Waals surface area (Å²) in [5, 5.41) is 4.39. The maximum Gasteiger partial charge on any atom is 0.215 e. The Morgan fingerprint density at radius 1 is 1.50 bits per heavy atom. The predicted molar refractivity (Wildman–Crippen MR) is 61.8 cm³/mol.